The first kappa shape index (κ1) is 16.8. The summed E-state index contributed by atoms with van der Waals surface area (Å²) in [5.74, 6) is 0. The molecule has 0 fully saturated rings. The van der Waals surface area contributed by atoms with Gasteiger partial charge in [-0.3, -0.25) is 0 Å². The third-order valence-corrected chi connectivity index (χ3v) is 4.11. The smallest absolute Gasteiger partial charge is 0.00791 e. The van der Waals surface area contributed by atoms with E-state index in [9.17, 15) is 0 Å². The summed E-state index contributed by atoms with van der Waals surface area (Å²) in [5.41, 5.74) is 2.89. The Labute approximate surface area is 135 Å². The Morgan fingerprint density at radius 1 is 0.727 bits per heavy atom. The highest BCUT2D eigenvalue weighted by atomic mass is 14.9. The van der Waals surface area contributed by atoms with E-state index in [-0.39, 0.29) is 0 Å². The normalized spacial score (nSPS) is 12.2. The maximum Gasteiger partial charge on any atom is 0.00791 e. The lowest BCUT2D eigenvalue weighted by molar-refractivity contribution is 0.515. The van der Waals surface area contributed by atoms with Gasteiger partial charge in [0.2, 0.25) is 0 Å². The molecule has 0 aromatic heterocycles. The molecule has 1 N–H and O–H groups in total. The zero-order valence-electron chi connectivity index (χ0n) is 13.8. The summed E-state index contributed by atoms with van der Waals surface area (Å²) < 4.78 is 0. The Morgan fingerprint density at radius 3 is 2.00 bits per heavy atom. The molecule has 0 radical (unpaired) electrons. The molecule has 1 atom stereocenters. The molecule has 0 saturated heterocycles. The van der Waals surface area contributed by atoms with E-state index in [0.717, 1.165) is 13.0 Å². The number of benzene rings is 2. The van der Waals surface area contributed by atoms with Gasteiger partial charge in [0.05, 0.1) is 0 Å². The second kappa shape index (κ2) is 10.2. The summed E-state index contributed by atoms with van der Waals surface area (Å²) in [4.78, 5) is 0. The molecular weight excluding hydrogens is 266 g/mol. The Kier molecular flexibility index (Phi) is 7.76. The quantitative estimate of drug-likeness (QED) is 0.607. The third-order valence-electron chi connectivity index (χ3n) is 4.11. The van der Waals surface area contributed by atoms with Crippen molar-refractivity contribution in [3.8, 4) is 0 Å². The second-order valence-electron chi connectivity index (χ2n) is 6.19. The highest BCUT2D eigenvalue weighted by Gasteiger charge is 2.02. The van der Waals surface area contributed by atoms with E-state index in [1.807, 2.05) is 0 Å². The van der Waals surface area contributed by atoms with Crippen molar-refractivity contribution in [2.24, 2.45) is 0 Å². The molecular formula is C21H29N. The number of nitrogens with one attached hydrogen (secondary N) is 1. The average Bonchev–Trinajstić information content (AvgIpc) is 2.56. The number of rotatable bonds is 10. The van der Waals surface area contributed by atoms with Crippen LogP contribution in [-0.4, -0.2) is 12.6 Å². The van der Waals surface area contributed by atoms with Crippen molar-refractivity contribution in [2.45, 2.75) is 51.5 Å². The van der Waals surface area contributed by atoms with E-state index >= 15 is 0 Å². The average molecular weight is 295 g/mol. The van der Waals surface area contributed by atoms with E-state index in [1.54, 1.807) is 0 Å². The molecule has 0 amide bonds. The molecule has 2 aromatic rings. The molecule has 22 heavy (non-hydrogen) atoms. The first-order valence-electron chi connectivity index (χ1n) is 8.66. The van der Waals surface area contributed by atoms with Crippen molar-refractivity contribution < 1.29 is 0 Å². The summed E-state index contributed by atoms with van der Waals surface area (Å²) in [6.45, 7) is 3.42. The van der Waals surface area contributed by atoms with Crippen LogP contribution in [-0.2, 0) is 12.8 Å². The molecule has 0 heterocycles. The maximum absolute atomic E-state index is 3.64. The number of aryl methyl sites for hydroxylation is 1. The van der Waals surface area contributed by atoms with Gasteiger partial charge < -0.3 is 5.32 Å². The maximum atomic E-state index is 3.64. The first-order chi connectivity index (χ1) is 10.8. The fraction of sp³-hybridized carbons (Fsp3) is 0.429. The topological polar surface area (TPSA) is 12.0 Å². The first-order valence-corrected chi connectivity index (χ1v) is 8.66. The van der Waals surface area contributed by atoms with E-state index < -0.39 is 0 Å². The van der Waals surface area contributed by atoms with Crippen molar-refractivity contribution in [2.75, 3.05) is 6.54 Å². The van der Waals surface area contributed by atoms with Gasteiger partial charge in [-0.1, -0.05) is 73.5 Å². The second-order valence-corrected chi connectivity index (χ2v) is 6.19. The molecule has 2 aromatic carbocycles. The Balaban J connectivity index is 1.47. The standard InChI is InChI=1S/C21H29N/c1-19(18-21-15-9-5-10-16-21)22-17-11-3-2-6-12-20-13-7-4-8-14-20/h4-5,7-10,13-16,19,22H,2-3,6,11-12,17-18H2,1H3. The predicted molar refractivity (Wildman–Crippen MR) is 96.2 cm³/mol. The lowest BCUT2D eigenvalue weighted by Crippen LogP contribution is -2.28. The molecule has 118 valence electrons. The summed E-state index contributed by atoms with van der Waals surface area (Å²) in [5, 5.41) is 3.64. The van der Waals surface area contributed by atoms with Gasteiger partial charge in [-0.25, -0.2) is 0 Å². The zero-order valence-corrected chi connectivity index (χ0v) is 13.8. The van der Waals surface area contributed by atoms with Crippen LogP contribution in [0.3, 0.4) is 0 Å². The summed E-state index contributed by atoms with van der Waals surface area (Å²) in [7, 11) is 0. The van der Waals surface area contributed by atoms with Crippen LogP contribution in [0, 0.1) is 0 Å². The minimum atomic E-state index is 0.562. The Bertz CT molecular complexity index is 492. The molecule has 1 heteroatoms. The molecule has 0 spiro atoms. The van der Waals surface area contributed by atoms with Gasteiger partial charge in [-0.05, 0) is 50.3 Å². The van der Waals surface area contributed by atoms with Gasteiger partial charge >= 0.3 is 0 Å². The van der Waals surface area contributed by atoms with Gasteiger partial charge in [-0.2, -0.15) is 0 Å². The van der Waals surface area contributed by atoms with Crippen molar-refractivity contribution in [1.82, 2.24) is 5.32 Å². The zero-order chi connectivity index (χ0) is 15.5. The molecule has 0 aliphatic heterocycles. The number of hydrogen-bond acceptors (Lipinski definition) is 1. The van der Waals surface area contributed by atoms with E-state index in [4.69, 9.17) is 0 Å². The summed E-state index contributed by atoms with van der Waals surface area (Å²) >= 11 is 0. The summed E-state index contributed by atoms with van der Waals surface area (Å²) in [6, 6.07) is 22.1. The fourth-order valence-electron chi connectivity index (χ4n) is 2.84. The van der Waals surface area contributed by atoms with Crippen molar-refractivity contribution in [3.05, 3.63) is 71.8 Å². The lowest BCUT2D eigenvalue weighted by atomic mass is 10.1. The fourth-order valence-corrected chi connectivity index (χ4v) is 2.84. The van der Waals surface area contributed by atoms with Gasteiger partial charge in [-0.15, -0.1) is 0 Å². The van der Waals surface area contributed by atoms with Crippen molar-refractivity contribution in [1.29, 1.82) is 0 Å². The molecule has 0 aliphatic rings. The molecule has 2 rings (SSSR count). The number of unbranched alkanes of at least 4 members (excludes halogenated alkanes) is 3. The van der Waals surface area contributed by atoms with E-state index in [1.165, 1.54) is 43.2 Å². The minimum Gasteiger partial charge on any atom is -0.314 e. The van der Waals surface area contributed by atoms with Crippen LogP contribution in [0.5, 0.6) is 0 Å². The molecule has 0 aliphatic carbocycles. The molecule has 0 saturated carbocycles. The Hall–Kier alpha value is -1.60. The van der Waals surface area contributed by atoms with Crippen LogP contribution in [0.15, 0.2) is 60.7 Å². The van der Waals surface area contributed by atoms with Crippen LogP contribution in [0.2, 0.25) is 0 Å². The Morgan fingerprint density at radius 2 is 1.32 bits per heavy atom. The molecule has 1 nitrogen and oxygen atoms in total. The van der Waals surface area contributed by atoms with Crippen LogP contribution >= 0.6 is 0 Å². The van der Waals surface area contributed by atoms with Crippen LogP contribution in [0.25, 0.3) is 0 Å². The van der Waals surface area contributed by atoms with E-state index in [0.29, 0.717) is 6.04 Å². The van der Waals surface area contributed by atoms with Crippen molar-refractivity contribution >= 4 is 0 Å². The monoisotopic (exact) mass is 295 g/mol. The van der Waals surface area contributed by atoms with Gasteiger partial charge in [0.15, 0.2) is 0 Å². The van der Waals surface area contributed by atoms with E-state index in [2.05, 4.69) is 72.9 Å². The van der Waals surface area contributed by atoms with Crippen LogP contribution < -0.4 is 5.32 Å². The molecule has 0 bridgehead atoms. The predicted octanol–water partition coefficient (Wildman–Crippen LogP) is 5.01. The molecule has 1 unspecified atom stereocenters. The largest absolute Gasteiger partial charge is 0.314 e. The van der Waals surface area contributed by atoms with Gasteiger partial charge in [0.1, 0.15) is 0 Å². The third kappa shape index (κ3) is 6.91. The van der Waals surface area contributed by atoms with Gasteiger partial charge in [0.25, 0.3) is 0 Å². The highest BCUT2D eigenvalue weighted by Crippen LogP contribution is 2.07. The van der Waals surface area contributed by atoms with Crippen molar-refractivity contribution in [3.63, 3.8) is 0 Å². The van der Waals surface area contributed by atoms with Gasteiger partial charge in [0, 0.05) is 6.04 Å². The SMILES string of the molecule is CC(Cc1ccccc1)NCCCCCCc1ccccc1. The van der Waals surface area contributed by atoms with Crippen LogP contribution in [0.4, 0.5) is 0 Å². The minimum absolute atomic E-state index is 0.562. The lowest BCUT2D eigenvalue weighted by Gasteiger charge is -2.13. The number of hydrogen-bond donors (Lipinski definition) is 1. The van der Waals surface area contributed by atoms with Crippen LogP contribution in [0.1, 0.15) is 43.7 Å². The summed E-state index contributed by atoms with van der Waals surface area (Å²) in [6.07, 6.45) is 7.60. The highest BCUT2D eigenvalue weighted by molar-refractivity contribution is 5.15.